The zero-order valence-corrected chi connectivity index (χ0v) is 15.5. The summed E-state index contributed by atoms with van der Waals surface area (Å²) in [5, 5.41) is 17.0. The minimum Gasteiger partial charge on any atom is -0.463 e. The molecule has 0 aliphatic rings. The fourth-order valence-electron chi connectivity index (χ4n) is 2.35. The molecule has 2 aromatic carbocycles. The molecule has 0 aliphatic heterocycles. The van der Waals surface area contributed by atoms with Gasteiger partial charge in [0, 0.05) is 35.3 Å². The SMILES string of the molecule is CCNc1ccc(Cl)cc1C(NC(=O)CC)Oc1ccc([N+](=O)[O-])cc1F. The van der Waals surface area contributed by atoms with Crippen LogP contribution in [0.25, 0.3) is 0 Å². The molecule has 0 heterocycles. The van der Waals surface area contributed by atoms with Gasteiger partial charge in [0.25, 0.3) is 5.69 Å². The minimum atomic E-state index is -1.04. The lowest BCUT2D eigenvalue weighted by atomic mass is 10.1. The topological polar surface area (TPSA) is 93.5 Å². The van der Waals surface area contributed by atoms with E-state index >= 15 is 0 Å². The molecule has 2 rings (SSSR count). The van der Waals surface area contributed by atoms with Gasteiger partial charge in [0.15, 0.2) is 11.6 Å². The van der Waals surface area contributed by atoms with Gasteiger partial charge in [-0.25, -0.2) is 4.39 Å². The number of hydrogen-bond donors (Lipinski definition) is 2. The number of benzene rings is 2. The highest BCUT2D eigenvalue weighted by Crippen LogP contribution is 2.31. The van der Waals surface area contributed by atoms with Crippen molar-refractivity contribution in [2.45, 2.75) is 26.5 Å². The Hall–Kier alpha value is -2.87. The summed E-state index contributed by atoms with van der Waals surface area (Å²) in [6.07, 6.45) is -0.846. The van der Waals surface area contributed by atoms with Crippen LogP contribution < -0.4 is 15.4 Å². The maximum atomic E-state index is 14.2. The summed E-state index contributed by atoms with van der Waals surface area (Å²) >= 11 is 6.08. The van der Waals surface area contributed by atoms with Crippen LogP contribution in [0.5, 0.6) is 5.75 Å². The van der Waals surface area contributed by atoms with E-state index in [9.17, 15) is 19.3 Å². The first-order valence-electron chi connectivity index (χ1n) is 8.29. The molecule has 0 bridgehead atoms. The van der Waals surface area contributed by atoms with E-state index in [0.29, 0.717) is 22.8 Å². The number of nitro groups is 1. The van der Waals surface area contributed by atoms with Crippen LogP contribution in [-0.2, 0) is 4.79 Å². The molecule has 2 aromatic rings. The largest absolute Gasteiger partial charge is 0.463 e. The van der Waals surface area contributed by atoms with Gasteiger partial charge in [-0.1, -0.05) is 18.5 Å². The lowest BCUT2D eigenvalue weighted by Crippen LogP contribution is -2.32. The quantitative estimate of drug-likeness (QED) is 0.392. The summed E-state index contributed by atoms with van der Waals surface area (Å²) in [6.45, 7) is 4.17. The number of rotatable bonds is 8. The molecule has 0 aromatic heterocycles. The van der Waals surface area contributed by atoms with Gasteiger partial charge >= 0.3 is 0 Å². The maximum absolute atomic E-state index is 14.2. The van der Waals surface area contributed by atoms with E-state index in [0.717, 1.165) is 18.2 Å². The number of carbonyl (C=O) groups is 1. The third-order valence-electron chi connectivity index (χ3n) is 3.65. The van der Waals surface area contributed by atoms with Gasteiger partial charge in [-0.15, -0.1) is 0 Å². The number of carbonyl (C=O) groups excluding carboxylic acids is 1. The molecule has 0 aliphatic carbocycles. The predicted molar refractivity (Wildman–Crippen MR) is 100 cm³/mol. The second-order valence-corrected chi connectivity index (χ2v) is 5.99. The van der Waals surface area contributed by atoms with E-state index in [1.165, 1.54) is 0 Å². The second kappa shape index (κ2) is 9.18. The predicted octanol–water partition coefficient (Wildman–Crippen LogP) is 4.42. The van der Waals surface area contributed by atoms with Gasteiger partial charge in [-0.2, -0.15) is 0 Å². The molecular formula is C18H19ClFN3O4. The van der Waals surface area contributed by atoms with Crippen molar-refractivity contribution in [3.8, 4) is 5.75 Å². The van der Waals surface area contributed by atoms with Crippen molar-refractivity contribution in [2.75, 3.05) is 11.9 Å². The van der Waals surface area contributed by atoms with Crippen molar-refractivity contribution in [1.82, 2.24) is 5.32 Å². The van der Waals surface area contributed by atoms with Gasteiger partial charge in [0.1, 0.15) is 0 Å². The molecule has 2 N–H and O–H groups in total. The van der Waals surface area contributed by atoms with E-state index in [1.54, 1.807) is 25.1 Å². The molecule has 0 spiro atoms. The molecule has 1 unspecified atom stereocenters. The second-order valence-electron chi connectivity index (χ2n) is 5.55. The first-order valence-corrected chi connectivity index (χ1v) is 8.66. The Labute approximate surface area is 160 Å². The number of nitro benzene ring substituents is 1. The zero-order chi connectivity index (χ0) is 20.0. The Morgan fingerprint density at radius 2 is 2.04 bits per heavy atom. The summed E-state index contributed by atoms with van der Waals surface area (Å²) in [7, 11) is 0. The molecule has 9 heteroatoms. The molecule has 144 valence electrons. The third kappa shape index (κ3) is 5.30. The number of amides is 1. The molecule has 7 nitrogen and oxygen atoms in total. The van der Waals surface area contributed by atoms with Crippen LogP contribution in [0.1, 0.15) is 32.1 Å². The third-order valence-corrected chi connectivity index (χ3v) is 3.88. The Bertz CT molecular complexity index is 847. The van der Waals surface area contributed by atoms with Gasteiger partial charge in [-0.05, 0) is 31.2 Å². The molecule has 0 fully saturated rings. The van der Waals surface area contributed by atoms with E-state index in [4.69, 9.17) is 16.3 Å². The normalized spacial score (nSPS) is 11.6. The number of nitrogens with one attached hydrogen (secondary N) is 2. The Balaban J connectivity index is 2.43. The summed E-state index contributed by atoms with van der Waals surface area (Å²) in [4.78, 5) is 22.0. The lowest BCUT2D eigenvalue weighted by molar-refractivity contribution is -0.385. The number of ether oxygens (including phenoxy) is 1. The van der Waals surface area contributed by atoms with Gasteiger partial charge < -0.3 is 15.4 Å². The molecule has 0 saturated carbocycles. The molecule has 1 amide bonds. The average molecular weight is 396 g/mol. The fourth-order valence-corrected chi connectivity index (χ4v) is 2.53. The minimum absolute atomic E-state index is 0.194. The summed E-state index contributed by atoms with van der Waals surface area (Å²) < 4.78 is 19.9. The summed E-state index contributed by atoms with van der Waals surface area (Å²) in [5.74, 6) is -1.46. The van der Waals surface area contributed by atoms with Crippen LogP contribution in [0.3, 0.4) is 0 Å². The first kappa shape index (κ1) is 20.4. The Morgan fingerprint density at radius 3 is 2.63 bits per heavy atom. The Morgan fingerprint density at radius 1 is 1.30 bits per heavy atom. The van der Waals surface area contributed by atoms with Gasteiger partial charge in [-0.3, -0.25) is 14.9 Å². The van der Waals surface area contributed by atoms with Crippen molar-refractivity contribution in [3.63, 3.8) is 0 Å². The molecule has 0 saturated heterocycles. The zero-order valence-electron chi connectivity index (χ0n) is 14.8. The van der Waals surface area contributed by atoms with Crippen LogP contribution in [0.4, 0.5) is 15.8 Å². The van der Waals surface area contributed by atoms with Crippen LogP contribution in [0, 0.1) is 15.9 Å². The smallest absolute Gasteiger partial charge is 0.272 e. The molecule has 27 heavy (non-hydrogen) atoms. The van der Waals surface area contributed by atoms with Crippen LogP contribution in [-0.4, -0.2) is 17.4 Å². The van der Waals surface area contributed by atoms with E-state index in [2.05, 4.69) is 10.6 Å². The number of halogens is 2. The average Bonchev–Trinajstić information content (AvgIpc) is 2.64. The summed E-state index contributed by atoms with van der Waals surface area (Å²) in [5.41, 5.74) is 0.764. The van der Waals surface area contributed by atoms with E-state index in [-0.39, 0.29) is 18.1 Å². The maximum Gasteiger partial charge on any atom is 0.272 e. The van der Waals surface area contributed by atoms with E-state index < -0.39 is 22.7 Å². The van der Waals surface area contributed by atoms with Crippen LogP contribution in [0.2, 0.25) is 5.02 Å². The van der Waals surface area contributed by atoms with Crippen molar-refractivity contribution in [2.24, 2.45) is 0 Å². The fraction of sp³-hybridized carbons (Fsp3) is 0.278. The van der Waals surface area contributed by atoms with Crippen LogP contribution in [0.15, 0.2) is 36.4 Å². The van der Waals surface area contributed by atoms with Crippen molar-refractivity contribution in [1.29, 1.82) is 0 Å². The number of anilines is 1. The highest BCUT2D eigenvalue weighted by Gasteiger charge is 2.22. The summed E-state index contributed by atoms with van der Waals surface area (Å²) in [6, 6.07) is 8.03. The molecule has 0 radical (unpaired) electrons. The highest BCUT2D eigenvalue weighted by atomic mass is 35.5. The molecular weight excluding hydrogens is 377 g/mol. The Kier molecular flexibility index (Phi) is 6.95. The van der Waals surface area contributed by atoms with Crippen molar-refractivity contribution < 1.29 is 18.8 Å². The number of hydrogen-bond acceptors (Lipinski definition) is 5. The first-order chi connectivity index (χ1) is 12.8. The standard InChI is InChI=1S/C18H19ClFN3O4/c1-3-17(24)22-18(13-9-11(19)5-7-15(13)21-4-2)27-16-8-6-12(23(25)26)10-14(16)20/h5-10,18,21H,3-4H2,1-2H3,(H,22,24). The van der Waals surface area contributed by atoms with Gasteiger partial charge in [0.2, 0.25) is 12.1 Å². The van der Waals surface area contributed by atoms with Crippen molar-refractivity contribution >= 4 is 28.9 Å². The highest BCUT2D eigenvalue weighted by molar-refractivity contribution is 6.30. The van der Waals surface area contributed by atoms with Gasteiger partial charge in [0.05, 0.1) is 11.0 Å². The monoisotopic (exact) mass is 395 g/mol. The van der Waals surface area contributed by atoms with Crippen molar-refractivity contribution in [3.05, 3.63) is 62.9 Å². The van der Waals surface area contributed by atoms with E-state index in [1.807, 2.05) is 6.92 Å². The van der Waals surface area contributed by atoms with Crippen LogP contribution >= 0.6 is 11.6 Å². The lowest BCUT2D eigenvalue weighted by Gasteiger charge is -2.23. The number of non-ortho nitro benzene ring substituents is 1. The number of nitrogens with zero attached hydrogens (tertiary/aromatic N) is 1. The molecule has 1 atom stereocenters.